The largest absolute Gasteiger partial charge is 0.489 e. The van der Waals surface area contributed by atoms with Gasteiger partial charge in [0.25, 0.3) is 0 Å². The number of hydrogen-bond acceptors (Lipinski definition) is 4. The molecule has 102 valence electrons. The molecule has 0 atom stereocenters. The van der Waals surface area contributed by atoms with Crippen LogP contribution in [0.1, 0.15) is 19.8 Å². The first-order valence-corrected chi connectivity index (χ1v) is 7.21. The predicted octanol–water partition coefficient (Wildman–Crippen LogP) is 3.59. The molecule has 2 aromatic heterocycles. The average Bonchev–Trinajstić information content (AvgIpc) is 2.42. The van der Waals surface area contributed by atoms with Gasteiger partial charge in [-0.15, -0.1) is 0 Å². The summed E-state index contributed by atoms with van der Waals surface area (Å²) in [4.78, 5) is 8.60. The number of unbranched alkanes of at least 4 members (excludes halogenated alkanes) is 1. The maximum absolute atomic E-state index is 5.70. The molecule has 0 aromatic carbocycles. The zero-order valence-corrected chi connectivity index (χ0v) is 12.5. The molecule has 0 spiro atoms. The highest BCUT2D eigenvalue weighted by molar-refractivity contribution is 9.10. The van der Waals surface area contributed by atoms with E-state index in [4.69, 9.17) is 9.47 Å². The first kappa shape index (κ1) is 14.2. The van der Waals surface area contributed by atoms with Gasteiger partial charge in [0.15, 0.2) is 0 Å². The molecule has 0 N–H and O–H groups in total. The SMILES string of the molecule is CCCCOCCOc1ccnc2cc(Br)cnc12. The molecule has 0 unspecified atom stereocenters. The minimum Gasteiger partial charge on any atom is -0.489 e. The first-order chi connectivity index (χ1) is 9.31. The molecule has 2 rings (SSSR count). The summed E-state index contributed by atoms with van der Waals surface area (Å²) in [7, 11) is 0. The molecule has 0 aliphatic carbocycles. The van der Waals surface area contributed by atoms with Crippen LogP contribution in [0.2, 0.25) is 0 Å². The second kappa shape index (κ2) is 7.40. The summed E-state index contributed by atoms with van der Waals surface area (Å²) < 4.78 is 12.1. The van der Waals surface area contributed by atoms with Gasteiger partial charge in [-0.1, -0.05) is 13.3 Å². The van der Waals surface area contributed by atoms with E-state index >= 15 is 0 Å². The van der Waals surface area contributed by atoms with Crippen molar-refractivity contribution in [2.45, 2.75) is 19.8 Å². The van der Waals surface area contributed by atoms with Crippen molar-refractivity contribution in [1.29, 1.82) is 0 Å². The molecule has 2 aromatic rings. The van der Waals surface area contributed by atoms with Gasteiger partial charge in [0.1, 0.15) is 17.9 Å². The second-order valence-corrected chi connectivity index (χ2v) is 5.06. The second-order valence-electron chi connectivity index (χ2n) is 4.14. The third-order valence-electron chi connectivity index (χ3n) is 2.63. The molecular formula is C14H17BrN2O2. The Balaban J connectivity index is 1.93. The summed E-state index contributed by atoms with van der Waals surface area (Å²) in [5.74, 6) is 0.747. The molecule has 2 heterocycles. The summed E-state index contributed by atoms with van der Waals surface area (Å²) in [6, 6.07) is 3.75. The molecule has 0 saturated heterocycles. The van der Waals surface area contributed by atoms with Gasteiger partial charge in [-0.2, -0.15) is 0 Å². The fourth-order valence-electron chi connectivity index (χ4n) is 1.66. The molecule has 5 heteroatoms. The van der Waals surface area contributed by atoms with Crippen LogP contribution in [-0.4, -0.2) is 29.8 Å². The van der Waals surface area contributed by atoms with E-state index in [1.807, 2.05) is 12.1 Å². The van der Waals surface area contributed by atoms with Gasteiger partial charge in [-0.25, -0.2) is 4.98 Å². The van der Waals surface area contributed by atoms with Gasteiger partial charge in [0.2, 0.25) is 0 Å². The molecule has 0 amide bonds. The zero-order valence-electron chi connectivity index (χ0n) is 10.9. The van der Waals surface area contributed by atoms with Gasteiger partial charge >= 0.3 is 0 Å². The lowest BCUT2D eigenvalue weighted by atomic mass is 10.3. The third-order valence-corrected chi connectivity index (χ3v) is 3.07. The Labute approximate surface area is 121 Å². The van der Waals surface area contributed by atoms with Crippen LogP contribution in [0, 0.1) is 0 Å². The van der Waals surface area contributed by atoms with Gasteiger partial charge in [0, 0.05) is 29.5 Å². The summed E-state index contributed by atoms with van der Waals surface area (Å²) >= 11 is 3.38. The van der Waals surface area contributed by atoms with Gasteiger partial charge in [-0.3, -0.25) is 4.98 Å². The fraction of sp³-hybridized carbons (Fsp3) is 0.429. The highest BCUT2D eigenvalue weighted by Crippen LogP contribution is 2.23. The van der Waals surface area contributed by atoms with E-state index in [1.165, 1.54) is 0 Å². The summed E-state index contributed by atoms with van der Waals surface area (Å²) in [6.07, 6.45) is 5.71. The maximum Gasteiger partial charge on any atom is 0.148 e. The molecule has 0 saturated carbocycles. The molecule has 0 aliphatic heterocycles. The third kappa shape index (κ3) is 4.14. The van der Waals surface area contributed by atoms with E-state index in [0.29, 0.717) is 13.2 Å². The van der Waals surface area contributed by atoms with E-state index in [0.717, 1.165) is 40.7 Å². The number of hydrogen-bond donors (Lipinski definition) is 0. The topological polar surface area (TPSA) is 44.2 Å². The van der Waals surface area contributed by atoms with E-state index in [2.05, 4.69) is 32.8 Å². The van der Waals surface area contributed by atoms with Gasteiger partial charge < -0.3 is 9.47 Å². The molecular weight excluding hydrogens is 308 g/mol. The van der Waals surface area contributed by atoms with Gasteiger partial charge in [-0.05, 0) is 28.4 Å². The summed E-state index contributed by atoms with van der Waals surface area (Å²) in [6.45, 7) is 4.07. The van der Waals surface area contributed by atoms with Crippen molar-refractivity contribution in [3.8, 4) is 5.75 Å². The quantitative estimate of drug-likeness (QED) is 0.730. The van der Waals surface area contributed by atoms with E-state index in [9.17, 15) is 0 Å². The van der Waals surface area contributed by atoms with Crippen LogP contribution in [-0.2, 0) is 4.74 Å². The number of ether oxygens (including phenoxy) is 2. The smallest absolute Gasteiger partial charge is 0.148 e. The Kier molecular flexibility index (Phi) is 5.54. The van der Waals surface area contributed by atoms with Crippen molar-refractivity contribution in [3.63, 3.8) is 0 Å². The molecule has 0 aliphatic rings. The van der Waals surface area contributed by atoms with Gasteiger partial charge in [0.05, 0.1) is 12.1 Å². The molecule has 0 fully saturated rings. The lowest BCUT2D eigenvalue weighted by molar-refractivity contribution is 0.0985. The Hall–Kier alpha value is -1.20. The van der Waals surface area contributed by atoms with Crippen LogP contribution >= 0.6 is 15.9 Å². The summed E-state index contributed by atoms with van der Waals surface area (Å²) in [5.41, 5.74) is 1.60. The fourth-order valence-corrected chi connectivity index (χ4v) is 1.98. The highest BCUT2D eigenvalue weighted by Gasteiger charge is 2.04. The Morgan fingerprint density at radius 1 is 1.21 bits per heavy atom. The van der Waals surface area contributed by atoms with Crippen LogP contribution in [0.4, 0.5) is 0 Å². The normalized spacial score (nSPS) is 10.8. The van der Waals surface area contributed by atoms with Crippen LogP contribution in [0.25, 0.3) is 11.0 Å². The van der Waals surface area contributed by atoms with E-state index in [1.54, 1.807) is 12.4 Å². The molecule has 4 nitrogen and oxygen atoms in total. The van der Waals surface area contributed by atoms with E-state index in [-0.39, 0.29) is 0 Å². The first-order valence-electron chi connectivity index (χ1n) is 6.42. The number of rotatable bonds is 7. The minimum absolute atomic E-state index is 0.528. The lowest BCUT2D eigenvalue weighted by Crippen LogP contribution is -2.08. The number of pyridine rings is 2. The number of nitrogens with zero attached hydrogens (tertiary/aromatic N) is 2. The maximum atomic E-state index is 5.70. The van der Waals surface area contributed by atoms with E-state index < -0.39 is 0 Å². The van der Waals surface area contributed by atoms with Crippen molar-refractivity contribution in [2.24, 2.45) is 0 Å². The van der Waals surface area contributed by atoms with Crippen LogP contribution in [0.3, 0.4) is 0 Å². The molecule has 0 bridgehead atoms. The van der Waals surface area contributed by atoms with Crippen molar-refractivity contribution < 1.29 is 9.47 Å². The monoisotopic (exact) mass is 324 g/mol. The summed E-state index contributed by atoms with van der Waals surface area (Å²) in [5, 5.41) is 0. The lowest BCUT2D eigenvalue weighted by Gasteiger charge is -2.08. The minimum atomic E-state index is 0.528. The number of halogens is 1. The standard InChI is InChI=1S/C14H17BrN2O2/c1-2-3-6-18-7-8-19-13-4-5-16-12-9-11(15)10-17-14(12)13/h4-5,9-10H,2-3,6-8H2,1H3. The number of aromatic nitrogens is 2. The predicted molar refractivity (Wildman–Crippen MR) is 78.5 cm³/mol. The van der Waals surface area contributed by atoms with Crippen molar-refractivity contribution >= 4 is 27.0 Å². The van der Waals surface area contributed by atoms with Crippen molar-refractivity contribution in [3.05, 3.63) is 29.0 Å². The van der Waals surface area contributed by atoms with Crippen LogP contribution < -0.4 is 4.74 Å². The van der Waals surface area contributed by atoms with Crippen LogP contribution in [0.15, 0.2) is 29.0 Å². The van der Waals surface area contributed by atoms with Crippen molar-refractivity contribution in [2.75, 3.05) is 19.8 Å². The Bertz CT molecular complexity index is 534. The van der Waals surface area contributed by atoms with Crippen LogP contribution in [0.5, 0.6) is 5.75 Å². The highest BCUT2D eigenvalue weighted by atomic mass is 79.9. The van der Waals surface area contributed by atoms with Crippen molar-refractivity contribution in [1.82, 2.24) is 9.97 Å². The Morgan fingerprint density at radius 2 is 2.11 bits per heavy atom. The molecule has 19 heavy (non-hydrogen) atoms. The number of fused-ring (bicyclic) bond motifs is 1. The molecule has 0 radical (unpaired) electrons. The average molecular weight is 325 g/mol. The zero-order chi connectivity index (χ0) is 13.5. The Morgan fingerprint density at radius 3 is 2.95 bits per heavy atom.